The van der Waals surface area contributed by atoms with Gasteiger partial charge in [0.2, 0.25) is 29.5 Å². The first-order valence-corrected chi connectivity index (χ1v) is 10.4. The number of carboxylic acid groups (broad SMARTS) is 2. The number of carboxylic acids is 2. The SMILES string of the molecule is NC(=O)CC(N)C(=O)NC(Cc1cnc[nH]1)C(=O)NC(CC(N)=O)C(=O)NC(CCC(=O)O)C(=O)O. The normalized spacial score (nSPS) is 13.9. The Morgan fingerprint density at radius 3 is 1.92 bits per heavy atom. The van der Waals surface area contributed by atoms with Crippen LogP contribution in [-0.4, -0.2) is 85.8 Å². The summed E-state index contributed by atoms with van der Waals surface area (Å²) in [5.74, 6) is -7.75. The molecule has 0 fully saturated rings. The lowest BCUT2D eigenvalue weighted by Gasteiger charge is -2.24. The van der Waals surface area contributed by atoms with E-state index in [-0.39, 0.29) is 6.42 Å². The summed E-state index contributed by atoms with van der Waals surface area (Å²) < 4.78 is 0. The topological polar surface area (TPSA) is 303 Å². The van der Waals surface area contributed by atoms with Crippen LogP contribution in [0, 0.1) is 0 Å². The Balaban J connectivity index is 3.06. The van der Waals surface area contributed by atoms with Gasteiger partial charge in [-0.05, 0) is 6.42 Å². The molecule has 4 atom stereocenters. The Morgan fingerprint density at radius 2 is 1.42 bits per heavy atom. The van der Waals surface area contributed by atoms with Crippen LogP contribution < -0.4 is 33.2 Å². The first-order chi connectivity index (χ1) is 16.8. The molecule has 0 aliphatic carbocycles. The number of hydrogen-bond donors (Lipinski definition) is 9. The molecule has 0 saturated heterocycles. The summed E-state index contributed by atoms with van der Waals surface area (Å²) in [5.41, 5.74) is 16.1. The number of H-pyrrole nitrogens is 1. The summed E-state index contributed by atoms with van der Waals surface area (Å²) in [4.78, 5) is 89.1. The quantitative estimate of drug-likeness (QED) is 0.101. The van der Waals surface area contributed by atoms with Crippen molar-refractivity contribution in [1.29, 1.82) is 0 Å². The van der Waals surface area contributed by atoms with Gasteiger partial charge in [-0.3, -0.25) is 28.8 Å². The lowest BCUT2D eigenvalue weighted by Crippen LogP contribution is -2.58. The molecule has 1 aromatic rings. The zero-order valence-electron chi connectivity index (χ0n) is 18.9. The molecular weight excluding hydrogens is 484 g/mol. The zero-order chi connectivity index (χ0) is 27.4. The number of aromatic nitrogens is 2. The molecular formula is C19H28N8O9. The van der Waals surface area contributed by atoms with E-state index in [2.05, 4.69) is 20.6 Å². The molecule has 12 N–H and O–H groups in total. The summed E-state index contributed by atoms with van der Waals surface area (Å²) in [6.45, 7) is 0. The highest BCUT2D eigenvalue weighted by molar-refractivity contribution is 5.96. The van der Waals surface area contributed by atoms with Crippen molar-refractivity contribution < 1.29 is 43.8 Å². The van der Waals surface area contributed by atoms with Crippen LogP contribution in [-0.2, 0) is 40.0 Å². The highest BCUT2D eigenvalue weighted by Gasteiger charge is 2.32. The minimum atomic E-state index is -1.66. The first-order valence-electron chi connectivity index (χ1n) is 10.4. The van der Waals surface area contributed by atoms with Crippen LogP contribution in [0.1, 0.15) is 31.4 Å². The van der Waals surface area contributed by atoms with Crippen molar-refractivity contribution in [1.82, 2.24) is 25.9 Å². The molecule has 1 heterocycles. The summed E-state index contributed by atoms with van der Waals surface area (Å²) in [6, 6.07) is -6.06. The number of imidazole rings is 1. The fourth-order valence-corrected chi connectivity index (χ4v) is 2.89. The maximum absolute atomic E-state index is 13.0. The highest BCUT2D eigenvalue weighted by atomic mass is 16.4. The lowest BCUT2D eigenvalue weighted by molar-refractivity contribution is -0.143. The van der Waals surface area contributed by atoms with Crippen LogP contribution in [0.3, 0.4) is 0 Å². The molecule has 0 aliphatic rings. The van der Waals surface area contributed by atoms with Crippen LogP contribution in [0.5, 0.6) is 0 Å². The second-order valence-corrected chi connectivity index (χ2v) is 7.68. The van der Waals surface area contributed by atoms with Crippen molar-refractivity contribution in [3.05, 3.63) is 18.2 Å². The van der Waals surface area contributed by atoms with E-state index in [9.17, 15) is 38.7 Å². The molecule has 36 heavy (non-hydrogen) atoms. The van der Waals surface area contributed by atoms with E-state index in [1.165, 1.54) is 12.5 Å². The van der Waals surface area contributed by atoms with Crippen LogP contribution >= 0.6 is 0 Å². The smallest absolute Gasteiger partial charge is 0.326 e. The number of carbonyl (C=O) groups excluding carboxylic acids is 5. The van der Waals surface area contributed by atoms with Crippen LogP contribution in [0.15, 0.2) is 12.5 Å². The van der Waals surface area contributed by atoms with Gasteiger partial charge in [0.1, 0.15) is 18.1 Å². The van der Waals surface area contributed by atoms with Gasteiger partial charge >= 0.3 is 11.9 Å². The van der Waals surface area contributed by atoms with Gasteiger partial charge in [0, 0.05) is 24.7 Å². The first kappa shape index (κ1) is 29.5. The number of amides is 5. The number of aliphatic carboxylic acids is 2. The van der Waals surface area contributed by atoms with Gasteiger partial charge in [-0.15, -0.1) is 0 Å². The number of rotatable bonds is 16. The van der Waals surface area contributed by atoms with Gasteiger partial charge in [0.05, 0.1) is 25.2 Å². The fourth-order valence-electron chi connectivity index (χ4n) is 2.89. The lowest BCUT2D eigenvalue weighted by atomic mass is 10.1. The highest BCUT2D eigenvalue weighted by Crippen LogP contribution is 2.04. The van der Waals surface area contributed by atoms with E-state index < -0.39 is 91.3 Å². The van der Waals surface area contributed by atoms with Gasteiger partial charge in [-0.25, -0.2) is 9.78 Å². The van der Waals surface area contributed by atoms with Gasteiger partial charge in [-0.1, -0.05) is 0 Å². The Bertz CT molecular complexity index is 982. The van der Waals surface area contributed by atoms with Crippen molar-refractivity contribution in [2.24, 2.45) is 17.2 Å². The number of carbonyl (C=O) groups is 7. The predicted octanol–water partition coefficient (Wildman–Crippen LogP) is -4.57. The van der Waals surface area contributed by atoms with Gasteiger partial charge in [0.25, 0.3) is 0 Å². The van der Waals surface area contributed by atoms with E-state index in [4.69, 9.17) is 22.3 Å². The minimum absolute atomic E-state index is 0.178. The Hall–Kier alpha value is -4.54. The van der Waals surface area contributed by atoms with Crippen molar-refractivity contribution in [3.63, 3.8) is 0 Å². The molecule has 4 unspecified atom stereocenters. The van der Waals surface area contributed by atoms with E-state index in [0.29, 0.717) is 5.69 Å². The molecule has 0 spiro atoms. The molecule has 0 bridgehead atoms. The molecule has 0 saturated carbocycles. The van der Waals surface area contributed by atoms with Crippen molar-refractivity contribution in [2.45, 2.75) is 56.3 Å². The molecule has 0 aromatic carbocycles. The number of nitrogens with one attached hydrogen (secondary N) is 4. The van der Waals surface area contributed by atoms with Crippen molar-refractivity contribution in [2.75, 3.05) is 0 Å². The van der Waals surface area contributed by atoms with Gasteiger partial charge in [0.15, 0.2) is 0 Å². The Kier molecular flexibility index (Phi) is 11.5. The second kappa shape index (κ2) is 14.0. The molecule has 17 heteroatoms. The number of primary amides is 2. The Morgan fingerprint density at radius 1 is 0.861 bits per heavy atom. The average Bonchev–Trinajstić information content (AvgIpc) is 3.27. The van der Waals surface area contributed by atoms with Crippen molar-refractivity contribution >= 4 is 41.5 Å². The molecule has 0 radical (unpaired) electrons. The van der Waals surface area contributed by atoms with Crippen LogP contribution in [0.25, 0.3) is 0 Å². The predicted molar refractivity (Wildman–Crippen MR) is 118 cm³/mol. The maximum atomic E-state index is 13.0. The number of nitrogens with two attached hydrogens (primary N) is 3. The number of nitrogens with zero attached hydrogens (tertiary/aromatic N) is 1. The number of aromatic amines is 1. The van der Waals surface area contributed by atoms with Crippen molar-refractivity contribution in [3.8, 4) is 0 Å². The van der Waals surface area contributed by atoms with E-state index in [1.807, 2.05) is 5.32 Å². The van der Waals surface area contributed by atoms with Gasteiger partial charge in [-0.2, -0.15) is 0 Å². The average molecular weight is 512 g/mol. The maximum Gasteiger partial charge on any atom is 0.326 e. The Labute approximate surface area is 203 Å². The third-order valence-corrected chi connectivity index (χ3v) is 4.67. The molecule has 5 amide bonds. The number of hydrogen-bond acceptors (Lipinski definition) is 9. The van der Waals surface area contributed by atoms with E-state index >= 15 is 0 Å². The summed E-state index contributed by atoms with van der Waals surface area (Å²) >= 11 is 0. The fraction of sp³-hybridized carbons (Fsp3) is 0.474. The third-order valence-electron chi connectivity index (χ3n) is 4.67. The second-order valence-electron chi connectivity index (χ2n) is 7.68. The third kappa shape index (κ3) is 10.6. The monoisotopic (exact) mass is 512 g/mol. The largest absolute Gasteiger partial charge is 0.481 e. The molecule has 0 aliphatic heterocycles. The standard InChI is InChI=1S/C19H28N8O9/c20-9(4-13(21)28)16(32)26-11(3-8-6-23-7-24-8)17(33)27-12(5-14(22)29)18(34)25-10(19(35)36)1-2-15(30)31/h6-7,9-12H,1-5,20H2,(H2,21,28)(H2,22,29)(H,23,24)(H,25,34)(H,26,32)(H,27,33)(H,30,31)(H,35,36). The van der Waals surface area contributed by atoms with E-state index in [0.717, 1.165) is 0 Å². The zero-order valence-corrected chi connectivity index (χ0v) is 18.9. The molecule has 1 aromatic heterocycles. The summed E-state index contributed by atoms with van der Waals surface area (Å²) in [5, 5.41) is 24.6. The summed E-state index contributed by atoms with van der Waals surface area (Å²) in [6.07, 6.45) is 0.180. The molecule has 17 nitrogen and oxygen atoms in total. The van der Waals surface area contributed by atoms with Gasteiger partial charge < -0.3 is 48.3 Å². The van der Waals surface area contributed by atoms with Crippen LogP contribution in [0.2, 0.25) is 0 Å². The molecule has 1 rings (SSSR count). The summed E-state index contributed by atoms with van der Waals surface area (Å²) in [7, 11) is 0. The van der Waals surface area contributed by atoms with E-state index in [1.54, 1.807) is 0 Å². The van der Waals surface area contributed by atoms with Crippen LogP contribution in [0.4, 0.5) is 0 Å². The molecule has 198 valence electrons. The minimum Gasteiger partial charge on any atom is -0.481 e.